The second kappa shape index (κ2) is 7.16. The van der Waals surface area contributed by atoms with Crippen LogP contribution in [-0.2, 0) is 17.9 Å². The van der Waals surface area contributed by atoms with Crippen LogP contribution in [0.5, 0.6) is 0 Å². The normalized spacial score (nSPS) is 10.8. The minimum atomic E-state index is -0.462. The Morgan fingerprint density at radius 3 is 2.73 bits per heavy atom. The molecule has 1 amide bonds. The van der Waals surface area contributed by atoms with Gasteiger partial charge >= 0.3 is 0 Å². The minimum absolute atomic E-state index is 0.0227. The molecule has 22 heavy (non-hydrogen) atoms. The first-order valence-corrected chi connectivity index (χ1v) is 6.80. The van der Waals surface area contributed by atoms with Gasteiger partial charge in [0.1, 0.15) is 0 Å². The third-order valence-electron chi connectivity index (χ3n) is 3.01. The standard InChI is InChI=1S/C15H16N4O3/c1-2-18-11-13(10-17-18)9-16-15(20)8-5-12-3-6-14(7-4-12)19(21)22/h3-8,10-11H,2,9H2,1H3,(H,16,20)/b8-5+. The zero-order chi connectivity index (χ0) is 15.9. The van der Waals surface area contributed by atoms with Crippen LogP contribution in [0, 0.1) is 10.1 Å². The van der Waals surface area contributed by atoms with Crippen LogP contribution in [0.25, 0.3) is 6.08 Å². The van der Waals surface area contributed by atoms with Crippen LogP contribution in [0.15, 0.2) is 42.7 Å². The quantitative estimate of drug-likeness (QED) is 0.503. The molecule has 2 rings (SSSR count). The van der Waals surface area contributed by atoms with Crippen molar-refractivity contribution in [3.8, 4) is 0 Å². The summed E-state index contributed by atoms with van der Waals surface area (Å²) in [5.74, 6) is -0.234. The number of hydrogen-bond acceptors (Lipinski definition) is 4. The molecule has 0 radical (unpaired) electrons. The highest BCUT2D eigenvalue weighted by Gasteiger charge is 2.03. The molecule has 0 unspecified atom stereocenters. The number of nitro benzene ring substituents is 1. The lowest BCUT2D eigenvalue weighted by atomic mass is 10.2. The maximum Gasteiger partial charge on any atom is 0.269 e. The molecule has 0 saturated carbocycles. The van der Waals surface area contributed by atoms with E-state index in [2.05, 4.69) is 10.4 Å². The first kappa shape index (κ1) is 15.4. The fourth-order valence-electron chi connectivity index (χ4n) is 1.80. The van der Waals surface area contributed by atoms with Crippen molar-refractivity contribution in [1.29, 1.82) is 0 Å². The Morgan fingerprint density at radius 2 is 2.14 bits per heavy atom. The van der Waals surface area contributed by atoms with E-state index in [0.717, 1.165) is 17.7 Å². The lowest BCUT2D eigenvalue weighted by Gasteiger charge is -1.99. The van der Waals surface area contributed by atoms with Crippen LogP contribution in [0.4, 0.5) is 5.69 Å². The molecule has 0 aliphatic carbocycles. The molecular weight excluding hydrogens is 284 g/mol. The number of hydrogen-bond donors (Lipinski definition) is 1. The summed E-state index contributed by atoms with van der Waals surface area (Å²) in [6.45, 7) is 3.18. The lowest BCUT2D eigenvalue weighted by Crippen LogP contribution is -2.19. The Morgan fingerprint density at radius 1 is 1.41 bits per heavy atom. The topological polar surface area (TPSA) is 90.1 Å². The fraction of sp³-hybridized carbons (Fsp3) is 0.200. The van der Waals surface area contributed by atoms with Gasteiger partial charge in [-0.15, -0.1) is 0 Å². The van der Waals surface area contributed by atoms with E-state index in [1.54, 1.807) is 29.1 Å². The number of rotatable bonds is 6. The number of nitro groups is 1. The van der Waals surface area contributed by atoms with Crippen molar-refractivity contribution in [2.75, 3.05) is 0 Å². The van der Waals surface area contributed by atoms with Crippen molar-refractivity contribution in [1.82, 2.24) is 15.1 Å². The van der Waals surface area contributed by atoms with Crippen LogP contribution in [0.2, 0.25) is 0 Å². The molecule has 1 heterocycles. The second-order valence-electron chi connectivity index (χ2n) is 4.60. The molecule has 1 N–H and O–H groups in total. The molecule has 7 nitrogen and oxygen atoms in total. The van der Waals surface area contributed by atoms with Crippen LogP contribution < -0.4 is 5.32 Å². The smallest absolute Gasteiger partial charge is 0.269 e. The molecule has 0 aliphatic rings. The summed E-state index contributed by atoms with van der Waals surface area (Å²) in [4.78, 5) is 21.8. The van der Waals surface area contributed by atoms with E-state index in [1.165, 1.54) is 18.2 Å². The van der Waals surface area contributed by atoms with E-state index in [1.807, 2.05) is 13.1 Å². The third-order valence-corrected chi connectivity index (χ3v) is 3.01. The highest BCUT2D eigenvalue weighted by Crippen LogP contribution is 2.12. The van der Waals surface area contributed by atoms with Gasteiger partial charge in [0.05, 0.1) is 11.1 Å². The number of aryl methyl sites for hydroxylation is 1. The van der Waals surface area contributed by atoms with Gasteiger partial charge in [-0.2, -0.15) is 5.10 Å². The molecule has 0 aliphatic heterocycles. The average molecular weight is 300 g/mol. The number of aromatic nitrogens is 2. The third kappa shape index (κ3) is 4.27. The maximum absolute atomic E-state index is 11.7. The van der Waals surface area contributed by atoms with E-state index in [0.29, 0.717) is 6.54 Å². The lowest BCUT2D eigenvalue weighted by molar-refractivity contribution is -0.384. The zero-order valence-electron chi connectivity index (χ0n) is 12.1. The van der Waals surface area contributed by atoms with Gasteiger partial charge in [0.2, 0.25) is 5.91 Å². The largest absolute Gasteiger partial charge is 0.348 e. The highest BCUT2D eigenvalue weighted by atomic mass is 16.6. The highest BCUT2D eigenvalue weighted by molar-refractivity contribution is 5.91. The van der Waals surface area contributed by atoms with Gasteiger partial charge in [-0.25, -0.2) is 0 Å². The number of carbonyl (C=O) groups is 1. The summed E-state index contributed by atoms with van der Waals surface area (Å²) >= 11 is 0. The average Bonchev–Trinajstić information content (AvgIpc) is 2.99. The predicted molar refractivity (Wildman–Crippen MR) is 81.9 cm³/mol. The minimum Gasteiger partial charge on any atom is -0.348 e. The summed E-state index contributed by atoms with van der Waals surface area (Å²) in [6.07, 6.45) is 6.59. The summed E-state index contributed by atoms with van der Waals surface area (Å²) < 4.78 is 1.79. The summed E-state index contributed by atoms with van der Waals surface area (Å²) in [5, 5.41) is 17.4. The van der Waals surface area contributed by atoms with Gasteiger partial charge in [-0.05, 0) is 30.7 Å². The number of benzene rings is 1. The van der Waals surface area contributed by atoms with E-state index in [4.69, 9.17) is 0 Å². The number of non-ortho nitro benzene ring substituents is 1. The summed E-state index contributed by atoms with van der Waals surface area (Å²) in [6, 6.07) is 5.98. The number of carbonyl (C=O) groups excluding carboxylic acids is 1. The molecule has 7 heteroatoms. The van der Waals surface area contributed by atoms with Crippen molar-refractivity contribution < 1.29 is 9.72 Å². The zero-order valence-corrected chi connectivity index (χ0v) is 12.1. The molecule has 1 aromatic heterocycles. The Hall–Kier alpha value is -2.96. The summed E-state index contributed by atoms with van der Waals surface area (Å²) in [5.41, 5.74) is 1.67. The van der Waals surface area contributed by atoms with E-state index in [-0.39, 0.29) is 11.6 Å². The Labute approximate surface area is 127 Å². The van der Waals surface area contributed by atoms with Crippen LogP contribution in [-0.4, -0.2) is 20.6 Å². The van der Waals surface area contributed by atoms with Gasteiger partial charge in [0.15, 0.2) is 0 Å². The van der Waals surface area contributed by atoms with Crippen LogP contribution in [0.1, 0.15) is 18.1 Å². The molecule has 0 atom stereocenters. The van der Waals surface area contributed by atoms with Crippen LogP contribution >= 0.6 is 0 Å². The van der Waals surface area contributed by atoms with Gasteiger partial charge in [-0.1, -0.05) is 0 Å². The van der Waals surface area contributed by atoms with Gasteiger partial charge in [0.25, 0.3) is 5.69 Å². The molecule has 1 aromatic carbocycles. The van der Waals surface area contributed by atoms with Gasteiger partial charge in [0, 0.05) is 43.1 Å². The molecule has 0 saturated heterocycles. The van der Waals surface area contributed by atoms with E-state index in [9.17, 15) is 14.9 Å². The number of nitrogens with zero attached hydrogens (tertiary/aromatic N) is 3. The second-order valence-corrected chi connectivity index (χ2v) is 4.60. The van der Waals surface area contributed by atoms with Crippen molar-refractivity contribution >= 4 is 17.7 Å². The van der Waals surface area contributed by atoms with E-state index < -0.39 is 4.92 Å². The van der Waals surface area contributed by atoms with Gasteiger partial charge < -0.3 is 5.32 Å². The Bertz CT molecular complexity index is 689. The molecule has 0 fully saturated rings. The number of nitrogens with one attached hydrogen (secondary N) is 1. The van der Waals surface area contributed by atoms with Crippen molar-refractivity contribution in [2.45, 2.75) is 20.0 Å². The van der Waals surface area contributed by atoms with E-state index >= 15 is 0 Å². The molecule has 0 bridgehead atoms. The van der Waals surface area contributed by atoms with Crippen LogP contribution in [0.3, 0.4) is 0 Å². The molecule has 0 spiro atoms. The first-order chi connectivity index (χ1) is 10.6. The van der Waals surface area contributed by atoms with Crippen molar-refractivity contribution in [3.05, 3.63) is 64.0 Å². The monoisotopic (exact) mass is 300 g/mol. The van der Waals surface area contributed by atoms with Gasteiger partial charge in [-0.3, -0.25) is 19.6 Å². The first-order valence-electron chi connectivity index (χ1n) is 6.80. The predicted octanol–water partition coefficient (Wildman–Crippen LogP) is 2.14. The SMILES string of the molecule is CCn1cc(CNC(=O)/C=C/c2ccc([N+](=O)[O-])cc2)cn1. The van der Waals surface area contributed by atoms with Crippen molar-refractivity contribution in [3.63, 3.8) is 0 Å². The Balaban J connectivity index is 1.86. The molecule has 114 valence electrons. The summed E-state index contributed by atoms with van der Waals surface area (Å²) in [7, 11) is 0. The number of amides is 1. The van der Waals surface area contributed by atoms with Crippen molar-refractivity contribution in [2.24, 2.45) is 0 Å². The molecular formula is C15H16N4O3. The molecule has 2 aromatic rings. The Kier molecular flexibility index (Phi) is 5.02. The maximum atomic E-state index is 11.7. The fourth-order valence-corrected chi connectivity index (χ4v) is 1.80.